The van der Waals surface area contributed by atoms with Crippen LogP contribution in [-0.4, -0.2) is 31.6 Å². The Kier molecular flexibility index (Phi) is 6.38. The minimum absolute atomic E-state index is 0.138. The van der Waals surface area contributed by atoms with E-state index >= 15 is 0 Å². The van der Waals surface area contributed by atoms with Crippen molar-refractivity contribution in [2.45, 2.75) is 11.8 Å². The third kappa shape index (κ3) is 5.18. The van der Waals surface area contributed by atoms with Crippen molar-refractivity contribution in [3.05, 3.63) is 83.9 Å². The number of hydrogen-bond acceptors (Lipinski definition) is 7. The average molecular weight is 481 g/mol. The van der Waals surface area contributed by atoms with E-state index in [0.29, 0.717) is 21.4 Å². The van der Waals surface area contributed by atoms with Crippen molar-refractivity contribution in [3.63, 3.8) is 0 Å². The number of nitrogens with zero attached hydrogens (tertiary/aromatic N) is 2. The third-order valence-corrected chi connectivity index (χ3v) is 7.05. The van der Waals surface area contributed by atoms with E-state index in [0.717, 1.165) is 11.3 Å². The molecule has 1 aromatic heterocycles. The number of aryl methyl sites for hydroxylation is 1. The van der Waals surface area contributed by atoms with Crippen LogP contribution in [0.1, 0.15) is 15.9 Å². The highest BCUT2D eigenvalue weighted by Crippen LogP contribution is 2.28. The van der Waals surface area contributed by atoms with Gasteiger partial charge in [0.25, 0.3) is 15.9 Å². The average Bonchev–Trinajstić information content (AvgIpc) is 3.29. The largest absolute Gasteiger partial charge is 0.497 e. The Morgan fingerprint density at radius 2 is 1.70 bits per heavy atom. The Labute approximate surface area is 195 Å². The number of nitrogens with one attached hydrogen (secondary N) is 2. The molecule has 0 saturated carbocycles. The number of aromatic nitrogens is 2. The van der Waals surface area contributed by atoms with Crippen molar-refractivity contribution in [2.24, 2.45) is 0 Å². The first-order valence-electron chi connectivity index (χ1n) is 9.83. The number of ether oxygens (including phenoxy) is 1. The van der Waals surface area contributed by atoms with Gasteiger partial charge in [-0.3, -0.25) is 14.8 Å². The van der Waals surface area contributed by atoms with Crippen molar-refractivity contribution in [1.82, 2.24) is 10.2 Å². The number of benzene rings is 3. The van der Waals surface area contributed by atoms with Crippen LogP contribution in [-0.2, 0) is 10.0 Å². The standard InChI is InChI=1S/C23H20N4O4S2/c1-15-8-9-17(14-20(15)27-33(29,30)19-6-4-3-5-7-19)21(28)24-23-26-25-22(32-23)16-10-12-18(31-2)13-11-16/h3-14,27H,1-2H3,(H,24,26,28). The van der Waals surface area contributed by atoms with E-state index in [1.807, 2.05) is 24.3 Å². The second-order valence-electron chi connectivity index (χ2n) is 7.04. The minimum Gasteiger partial charge on any atom is -0.497 e. The number of carbonyl (C=O) groups is 1. The Morgan fingerprint density at radius 1 is 0.970 bits per heavy atom. The van der Waals surface area contributed by atoms with Gasteiger partial charge in [-0.25, -0.2) is 8.42 Å². The van der Waals surface area contributed by atoms with E-state index in [1.165, 1.54) is 29.5 Å². The normalized spacial score (nSPS) is 11.1. The highest BCUT2D eigenvalue weighted by Gasteiger charge is 2.17. The molecule has 8 nitrogen and oxygen atoms in total. The molecule has 33 heavy (non-hydrogen) atoms. The van der Waals surface area contributed by atoms with Crippen LogP contribution >= 0.6 is 11.3 Å². The maximum absolute atomic E-state index is 12.8. The third-order valence-electron chi connectivity index (χ3n) is 4.78. The Morgan fingerprint density at radius 3 is 2.39 bits per heavy atom. The predicted molar refractivity (Wildman–Crippen MR) is 128 cm³/mol. The lowest BCUT2D eigenvalue weighted by Crippen LogP contribution is -2.16. The maximum atomic E-state index is 12.8. The SMILES string of the molecule is COc1ccc(-c2nnc(NC(=O)c3ccc(C)c(NS(=O)(=O)c4ccccc4)c3)s2)cc1. The molecule has 0 aliphatic heterocycles. The van der Waals surface area contributed by atoms with Crippen molar-refractivity contribution < 1.29 is 17.9 Å². The molecule has 0 unspecified atom stereocenters. The van der Waals surface area contributed by atoms with Crippen LogP contribution in [0.2, 0.25) is 0 Å². The molecule has 10 heteroatoms. The van der Waals surface area contributed by atoms with Gasteiger partial charge < -0.3 is 4.74 Å². The van der Waals surface area contributed by atoms with E-state index in [9.17, 15) is 13.2 Å². The zero-order valence-electron chi connectivity index (χ0n) is 17.8. The summed E-state index contributed by atoms with van der Waals surface area (Å²) in [4.78, 5) is 12.9. The zero-order valence-corrected chi connectivity index (χ0v) is 19.4. The monoisotopic (exact) mass is 480 g/mol. The Bertz CT molecular complexity index is 1390. The molecule has 0 bridgehead atoms. The van der Waals surface area contributed by atoms with Crippen molar-refractivity contribution >= 4 is 38.1 Å². The molecule has 3 aromatic carbocycles. The molecule has 0 aliphatic rings. The smallest absolute Gasteiger partial charge is 0.261 e. The van der Waals surface area contributed by atoms with Crippen LogP contribution in [0, 0.1) is 6.92 Å². The fourth-order valence-corrected chi connectivity index (χ4v) is 4.86. The number of rotatable bonds is 7. The lowest BCUT2D eigenvalue weighted by atomic mass is 10.1. The summed E-state index contributed by atoms with van der Waals surface area (Å²) in [6.07, 6.45) is 0. The lowest BCUT2D eigenvalue weighted by Gasteiger charge is -2.12. The molecular weight excluding hydrogens is 460 g/mol. The molecule has 4 rings (SSSR count). The van der Waals surface area contributed by atoms with E-state index < -0.39 is 15.9 Å². The van der Waals surface area contributed by atoms with Gasteiger partial charge in [-0.15, -0.1) is 10.2 Å². The fraction of sp³-hybridized carbons (Fsp3) is 0.0870. The van der Waals surface area contributed by atoms with Crippen LogP contribution < -0.4 is 14.8 Å². The highest BCUT2D eigenvalue weighted by atomic mass is 32.2. The molecule has 0 fully saturated rings. The van der Waals surface area contributed by atoms with Crippen LogP contribution in [0.3, 0.4) is 0 Å². The van der Waals surface area contributed by atoms with Gasteiger partial charge in [0.2, 0.25) is 5.13 Å². The Balaban J connectivity index is 1.51. The summed E-state index contributed by atoms with van der Waals surface area (Å²) in [5, 5.41) is 11.9. The zero-order chi connectivity index (χ0) is 23.4. The molecule has 0 atom stereocenters. The fourth-order valence-electron chi connectivity index (χ4n) is 2.97. The summed E-state index contributed by atoms with van der Waals surface area (Å²) in [6, 6.07) is 20.2. The van der Waals surface area contributed by atoms with E-state index in [2.05, 4.69) is 20.2 Å². The van der Waals surface area contributed by atoms with E-state index in [1.54, 1.807) is 44.4 Å². The molecular formula is C23H20N4O4S2. The van der Waals surface area contributed by atoms with Gasteiger partial charge in [0, 0.05) is 11.1 Å². The van der Waals surface area contributed by atoms with Crippen molar-refractivity contribution in [3.8, 4) is 16.3 Å². The van der Waals surface area contributed by atoms with Gasteiger partial charge in [-0.1, -0.05) is 35.6 Å². The summed E-state index contributed by atoms with van der Waals surface area (Å²) in [5.74, 6) is 0.308. The summed E-state index contributed by atoms with van der Waals surface area (Å²) in [5.41, 5.74) is 2.14. The summed E-state index contributed by atoms with van der Waals surface area (Å²) >= 11 is 1.23. The van der Waals surface area contributed by atoms with Crippen LogP contribution in [0.5, 0.6) is 5.75 Å². The molecule has 0 spiro atoms. The summed E-state index contributed by atoms with van der Waals surface area (Å²) < 4.78 is 33.0. The van der Waals surface area contributed by atoms with Gasteiger partial charge in [-0.2, -0.15) is 0 Å². The molecule has 2 N–H and O–H groups in total. The number of anilines is 2. The van der Waals surface area contributed by atoms with Crippen LogP contribution in [0.25, 0.3) is 10.6 Å². The number of amides is 1. The predicted octanol–water partition coefficient (Wildman–Crippen LogP) is 4.58. The van der Waals surface area contributed by atoms with E-state index in [-0.39, 0.29) is 10.5 Å². The van der Waals surface area contributed by atoms with Crippen molar-refractivity contribution in [2.75, 3.05) is 17.1 Å². The molecule has 0 aliphatic carbocycles. The van der Waals surface area contributed by atoms with E-state index in [4.69, 9.17) is 4.74 Å². The molecule has 4 aromatic rings. The molecule has 168 valence electrons. The summed E-state index contributed by atoms with van der Waals surface area (Å²) in [7, 11) is -2.19. The van der Waals surface area contributed by atoms with Crippen LogP contribution in [0.15, 0.2) is 77.7 Å². The number of methoxy groups -OCH3 is 1. The highest BCUT2D eigenvalue weighted by molar-refractivity contribution is 7.92. The second kappa shape index (κ2) is 9.39. The van der Waals surface area contributed by atoms with Crippen molar-refractivity contribution in [1.29, 1.82) is 0 Å². The number of hydrogen-bond donors (Lipinski definition) is 2. The van der Waals surface area contributed by atoms with Gasteiger partial charge in [0.1, 0.15) is 10.8 Å². The van der Waals surface area contributed by atoms with Gasteiger partial charge in [0.05, 0.1) is 17.7 Å². The minimum atomic E-state index is -3.78. The first-order valence-corrected chi connectivity index (χ1v) is 12.1. The van der Waals surface area contributed by atoms with Gasteiger partial charge in [0.15, 0.2) is 0 Å². The van der Waals surface area contributed by atoms with Crippen LogP contribution in [0.4, 0.5) is 10.8 Å². The quantitative estimate of drug-likeness (QED) is 0.401. The molecule has 0 radical (unpaired) electrons. The molecule has 1 heterocycles. The number of carbonyl (C=O) groups excluding carboxylic acids is 1. The molecule has 1 amide bonds. The Hall–Kier alpha value is -3.76. The van der Waals surface area contributed by atoms with Gasteiger partial charge >= 0.3 is 0 Å². The first-order chi connectivity index (χ1) is 15.9. The topological polar surface area (TPSA) is 110 Å². The maximum Gasteiger partial charge on any atom is 0.261 e. The van der Waals surface area contributed by atoms with Gasteiger partial charge in [-0.05, 0) is 61.0 Å². The molecule has 0 saturated heterocycles. The second-order valence-corrected chi connectivity index (χ2v) is 9.70. The summed E-state index contributed by atoms with van der Waals surface area (Å²) in [6.45, 7) is 1.76. The first kappa shape index (κ1) is 22.4. The number of sulfonamides is 1. The lowest BCUT2D eigenvalue weighted by molar-refractivity contribution is 0.102.